The number of nitrogens with zero attached hydrogens (tertiary/aromatic N) is 4. The van der Waals surface area contributed by atoms with Gasteiger partial charge in [0.15, 0.2) is 5.16 Å². The standard InChI is InChI=1S/C13H13N5OS/c1-20-13-16-11(14)9-6-10(19)18(12(9)17-13)7-8-4-2-3-5-15-8/h2-5H,6-7H2,1H3,(H2,14,16,17). The number of nitrogen functional groups attached to an aromatic ring is 1. The zero-order valence-electron chi connectivity index (χ0n) is 10.9. The van der Waals surface area contributed by atoms with Crippen molar-refractivity contribution in [3.05, 3.63) is 35.7 Å². The van der Waals surface area contributed by atoms with Crippen molar-refractivity contribution in [2.75, 3.05) is 16.9 Å². The van der Waals surface area contributed by atoms with E-state index in [1.54, 1.807) is 11.1 Å². The van der Waals surface area contributed by atoms with Crippen LogP contribution in [0.25, 0.3) is 0 Å². The van der Waals surface area contributed by atoms with Crippen molar-refractivity contribution in [1.82, 2.24) is 15.0 Å². The van der Waals surface area contributed by atoms with Gasteiger partial charge in [0.25, 0.3) is 0 Å². The number of carbonyl (C=O) groups excluding carboxylic acids is 1. The Labute approximate surface area is 120 Å². The molecule has 0 bridgehead atoms. The fourth-order valence-corrected chi connectivity index (χ4v) is 2.50. The summed E-state index contributed by atoms with van der Waals surface area (Å²) in [5, 5.41) is 0.571. The minimum Gasteiger partial charge on any atom is -0.383 e. The van der Waals surface area contributed by atoms with Gasteiger partial charge in [-0.25, -0.2) is 9.97 Å². The molecule has 2 aromatic rings. The molecule has 102 valence electrons. The number of hydrogen-bond acceptors (Lipinski definition) is 6. The summed E-state index contributed by atoms with van der Waals surface area (Å²) in [7, 11) is 0. The van der Waals surface area contributed by atoms with Crippen LogP contribution in [0, 0.1) is 0 Å². The molecule has 0 fully saturated rings. The molecule has 2 N–H and O–H groups in total. The fourth-order valence-electron chi connectivity index (χ4n) is 2.13. The molecule has 7 heteroatoms. The number of thioether (sulfide) groups is 1. The first-order valence-corrected chi connectivity index (χ1v) is 7.32. The van der Waals surface area contributed by atoms with Gasteiger partial charge in [-0.15, -0.1) is 0 Å². The zero-order valence-corrected chi connectivity index (χ0v) is 11.7. The van der Waals surface area contributed by atoms with Crippen molar-refractivity contribution >= 4 is 29.3 Å². The highest BCUT2D eigenvalue weighted by Gasteiger charge is 2.32. The molecule has 3 rings (SSSR count). The summed E-state index contributed by atoms with van der Waals surface area (Å²) in [6.07, 6.45) is 3.84. The maximum Gasteiger partial charge on any atom is 0.233 e. The molecule has 0 radical (unpaired) electrons. The number of hydrogen-bond donors (Lipinski definition) is 1. The highest BCUT2D eigenvalue weighted by molar-refractivity contribution is 7.98. The van der Waals surface area contributed by atoms with Crippen LogP contribution in [-0.4, -0.2) is 27.1 Å². The van der Waals surface area contributed by atoms with Gasteiger partial charge in [-0.2, -0.15) is 0 Å². The molecule has 0 saturated heterocycles. The van der Waals surface area contributed by atoms with E-state index in [9.17, 15) is 4.79 Å². The normalized spacial score (nSPS) is 13.7. The molecular weight excluding hydrogens is 274 g/mol. The third-order valence-electron chi connectivity index (χ3n) is 3.11. The molecule has 0 saturated carbocycles. The van der Waals surface area contributed by atoms with Crippen molar-refractivity contribution < 1.29 is 4.79 Å². The maximum atomic E-state index is 12.2. The second-order valence-electron chi connectivity index (χ2n) is 4.38. The Kier molecular flexibility index (Phi) is 3.27. The molecule has 0 aliphatic carbocycles. The highest BCUT2D eigenvalue weighted by Crippen LogP contribution is 2.32. The Morgan fingerprint density at radius 1 is 1.40 bits per heavy atom. The average molecular weight is 287 g/mol. The van der Waals surface area contributed by atoms with Crippen LogP contribution >= 0.6 is 11.8 Å². The number of fused-ring (bicyclic) bond motifs is 1. The minimum atomic E-state index is -0.0232. The van der Waals surface area contributed by atoms with Gasteiger partial charge >= 0.3 is 0 Å². The molecule has 1 aliphatic rings. The molecule has 0 aromatic carbocycles. The van der Waals surface area contributed by atoms with Gasteiger partial charge in [0.2, 0.25) is 5.91 Å². The number of aromatic nitrogens is 3. The molecule has 1 amide bonds. The minimum absolute atomic E-state index is 0.0232. The Hall–Kier alpha value is -2.15. The topological polar surface area (TPSA) is 85.0 Å². The third-order valence-corrected chi connectivity index (χ3v) is 3.66. The van der Waals surface area contributed by atoms with Crippen LogP contribution in [-0.2, 0) is 17.8 Å². The molecule has 0 spiro atoms. The molecule has 0 atom stereocenters. The van der Waals surface area contributed by atoms with Crippen LogP contribution < -0.4 is 10.6 Å². The number of anilines is 2. The summed E-state index contributed by atoms with van der Waals surface area (Å²) in [6.45, 7) is 0.400. The molecule has 6 nitrogen and oxygen atoms in total. The first kappa shape index (κ1) is 12.9. The second-order valence-corrected chi connectivity index (χ2v) is 5.15. The van der Waals surface area contributed by atoms with Gasteiger partial charge in [0.1, 0.15) is 11.6 Å². The van der Waals surface area contributed by atoms with E-state index in [4.69, 9.17) is 5.73 Å². The number of carbonyl (C=O) groups is 1. The summed E-state index contributed by atoms with van der Waals surface area (Å²) in [5.74, 6) is 0.971. The van der Waals surface area contributed by atoms with E-state index in [-0.39, 0.29) is 12.3 Å². The summed E-state index contributed by atoms with van der Waals surface area (Å²) in [6, 6.07) is 5.62. The molecule has 3 heterocycles. The maximum absolute atomic E-state index is 12.2. The van der Waals surface area contributed by atoms with Crippen LogP contribution in [0.15, 0.2) is 29.6 Å². The summed E-state index contributed by atoms with van der Waals surface area (Å²) >= 11 is 1.40. The summed E-state index contributed by atoms with van der Waals surface area (Å²) in [5.41, 5.74) is 7.44. The monoisotopic (exact) mass is 287 g/mol. The lowest BCUT2D eigenvalue weighted by molar-refractivity contribution is -0.117. The lowest BCUT2D eigenvalue weighted by Gasteiger charge is -2.16. The fraction of sp³-hybridized carbons (Fsp3) is 0.231. The van der Waals surface area contributed by atoms with E-state index >= 15 is 0 Å². The molecule has 2 aromatic heterocycles. The van der Waals surface area contributed by atoms with E-state index in [0.717, 1.165) is 5.69 Å². The molecule has 1 aliphatic heterocycles. The number of amides is 1. The molecular formula is C13H13N5OS. The predicted molar refractivity (Wildman–Crippen MR) is 77.4 cm³/mol. The Bertz CT molecular complexity index is 661. The van der Waals surface area contributed by atoms with Gasteiger partial charge < -0.3 is 5.73 Å². The molecule has 0 unspecified atom stereocenters. The quantitative estimate of drug-likeness (QED) is 0.676. The number of rotatable bonds is 3. The average Bonchev–Trinajstić information content (AvgIpc) is 2.77. The third kappa shape index (κ3) is 2.20. The van der Waals surface area contributed by atoms with Gasteiger partial charge in [-0.05, 0) is 18.4 Å². The zero-order chi connectivity index (χ0) is 14.1. The highest BCUT2D eigenvalue weighted by atomic mass is 32.2. The Morgan fingerprint density at radius 3 is 2.95 bits per heavy atom. The van der Waals surface area contributed by atoms with Gasteiger partial charge in [0.05, 0.1) is 18.7 Å². The van der Waals surface area contributed by atoms with E-state index in [2.05, 4.69) is 15.0 Å². The first-order chi connectivity index (χ1) is 9.69. The lowest BCUT2D eigenvalue weighted by atomic mass is 10.2. The van der Waals surface area contributed by atoms with Crippen LogP contribution in [0.2, 0.25) is 0 Å². The van der Waals surface area contributed by atoms with Crippen molar-refractivity contribution in [3.8, 4) is 0 Å². The Balaban J connectivity index is 1.99. The van der Waals surface area contributed by atoms with E-state index in [1.165, 1.54) is 11.8 Å². The van der Waals surface area contributed by atoms with E-state index in [0.29, 0.717) is 28.9 Å². The van der Waals surface area contributed by atoms with E-state index in [1.807, 2.05) is 24.5 Å². The van der Waals surface area contributed by atoms with Crippen molar-refractivity contribution in [1.29, 1.82) is 0 Å². The van der Waals surface area contributed by atoms with Crippen LogP contribution in [0.5, 0.6) is 0 Å². The Morgan fingerprint density at radius 2 is 2.25 bits per heavy atom. The van der Waals surface area contributed by atoms with E-state index < -0.39 is 0 Å². The van der Waals surface area contributed by atoms with Gasteiger partial charge in [-0.1, -0.05) is 17.8 Å². The SMILES string of the molecule is CSc1nc(N)c2c(n1)N(Cc1ccccn1)C(=O)C2. The van der Waals surface area contributed by atoms with Crippen molar-refractivity contribution in [2.45, 2.75) is 18.1 Å². The van der Waals surface area contributed by atoms with Crippen LogP contribution in [0.4, 0.5) is 11.6 Å². The van der Waals surface area contributed by atoms with Gasteiger partial charge in [-0.3, -0.25) is 14.7 Å². The first-order valence-electron chi connectivity index (χ1n) is 6.09. The lowest BCUT2D eigenvalue weighted by Crippen LogP contribution is -2.27. The van der Waals surface area contributed by atoms with Crippen LogP contribution in [0.1, 0.15) is 11.3 Å². The van der Waals surface area contributed by atoms with Gasteiger partial charge in [0, 0.05) is 11.8 Å². The number of nitrogens with two attached hydrogens (primary N) is 1. The largest absolute Gasteiger partial charge is 0.383 e. The second kappa shape index (κ2) is 5.09. The number of pyridine rings is 1. The predicted octanol–water partition coefficient (Wildman–Crippen LogP) is 1.27. The van der Waals surface area contributed by atoms with Crippen molar-refractivity contribution in [2.24, 2.45) is 0 Å². The van der Waals surface area contributed by atoms with Crippen molar-refractivity contribution in [3.63, 3.8) is 0 Å². The summed E-state index contributed by atoms with van der Waals surface area (Å²) in [4.78, 5) is 26.6. The smallest absolute Gasteiger partial charge is 0.233 e. The molecule has 20 heavy (non-hydrogen) atoms. The van der Waals surface area contributed by atoms with Crippen LogP contribution in [0.3, 0.4) is 0 Å². The summed E-state index contributed by atoms with van der Waals surface area (Å²) < 4.78 is 0.